The lowest BCUT2D eigenvalue weighted by atomic mass is 10.1. The molecule has 2 fully saturated rings. The maximum absolute atomic E-state index is 13.1. The monoisotopic (exact) mass is 316 g/mol. The van der Waals surface area contributed by atoms with Crippen LogP contribution in [0.1, 0.15) is 5.56 Å². The second-order valence-electron chi connectivity index (χ2n) is 5.69. The highest BCUT2D eigenvalue weighted by molar-refractivity contribution is 5.48. The maximum Gasteiger partial charge on any atom is 0.419 e. The summed E-state index contributed by atoms with van der Waals surface area (Å²) in [4.78, 5) is 7.74. The molecule has 8 heteroatoms. The van der Waals surface area contributed by atoms with Crippen molar-refractivity contribution in [3.8, 4) is 0 Å². The van der Waals surface area contributed by atoms with Gasteiger partial charge < -0.3 is 15.3 Å². The lowest BCUT2D eigenvalue weighted by Crippen LogP contribution is -2.54. The molecule has 2 saturated heterocycles. The third-order valence-electron chi connectivity index (χ3n) is 4.33. The van der Waals surface area contributed by atoms with Gasteiger partial charge in [0.1, 0.15) is 5.82 Å². The van der Waals surface area contributed by atoms with Crippen molar-refractivity contribution in [2.75, 3.05) is 44.2 Å². The zero-order chi connectivity index (χ0) is 15.7. The minimum Gasteiger partial charge on any atom is -0.390 e. The van der Waals surface area contributed by atoms with Crippen molar-refractivity contribution in [1.82, 2.24) is 15.2 Å². The number of halogens is 3. The SMILES string of the molecule is O[C@@H]1CNCC1N1CCN(c2ncccc2C(F)(F)F)CC1. The zero-order valence-corrected chi connectivity index (χ0v) is 12.1. The van der Waals surface area contributed by atoms with Gasteiger partial charge in [0.05, 0.1) is 11.7 Å². The summed E-state index contributed by atoms with van der Waals surface area (Å²) in [5, 5.41) is 13.0. The molecule has 1 aromatic heterocycles. The van der Waals surface area contributed by atoms with E-state index in [2.05, 4.69) is 15.2 Å². The third kappa shape index (κ3) is 3.04. The van der Waals surface area contributed by atoms with Gasteiger partial charge in [0.15, 0.2) is 0 Å². The molecule has 2 atom stereocenters. The van der Waals surface area contributed by atoms with E-state index >= 15 is 0 Å². The van der Waals surface area contributed by atoms with Gasteiger partial charge >= 0.3 is 6.18 Å². The number of hydrogen-bond donors (Lipinski definition) is 2. The number of alkyl halides is 3. The fourth-order valence-electron chi connectivity index (χ4n) is 3.16. The Kier molecular flexibility index (Phi) is 4.24. The maximum atomic E-state index is 13.1. The van der Waals surface area contributed by atoms with E-state index in [0.717, 1.165) is 12.6 Å². The van der Waals surface area contributed by atoms with E-state index in [1.807, 2.05) is 0 Å². The summed E-state index contributed by atoms with van der Waals surface area (Å²) in [6.07, 6.45) is -3.42. The number of rotatable bonds is 2. The van der Waals surface area contributed by atoms with Crippen LogP contribution in [0.2, 0.25) is 0 Å². The van der Waals surface area contributed by atoms with Gasteiger partial charge in [-0.15, -0.1) is 0 Å². The van der Waals surface area contributed by atoms with Crippen LogP contribution in [0, 0.1) is 0 Å². The van der Waals surface area contributed by atoms with Gasteiger partial charge in [-0.25, -0.2) is 4.98 Å². The summed E-state index contributed by atoms with van der Waals surface area (Å²) >= 11 is 0. The first kappa shape index (κ1) is 15.5. The van der Waals surface area contributed by atoms with Crippen LogP contribution in [0.3, 0.4) is 0 Å². The molecular weight excluding hydrogens is 297 g/mol. The van der Waals surface area contributed by atoms with Crippen LogP contribution >= 0.6 is 0 Å². The Hall–Kier alpha value is -1.38. The molecular formula is C14H19F3N4O. The summed E-state index contributed by atoms with van der Waals surface area (Å²) in [6.45, 7) is 3.49. The average Bonchev–Trinajstić information content (AvgIpc) is 2.93. The topological polar surface area (TPSA) is 51.6 Å². The molecule has 5 nitrogen and oxygen atoms in total. The first-order valence-corrected chi connectivity index (χ1v) is 7.37. The van der Waals surface area contributed by atoms with Crippen LogP contribution in [0.25, 0.3) is 0 Å². The predicted octanol–water partition coefficient (Wildman–Crippen LogP) is 0.555. The number of aromatic nitrogens is 1. The van der Waals surface area contributed by atoms with Gasteiger partial charge in [-0.3, -0.25) is 4.90 Å². The van der Waals surface area contributed by atoms with E-state index in [0.29, 0.717) is 32.7 Å². The molecule has 22 heavy (non-hydrogen) atoms. The van der Waals surface area contributed by atoms with Crippen molar-refractivity contribution >= 4 is 5.82 Å². The molecule has 2 N–H and O–H groups in total. The summed E-state index contributed by atoms with van der Waals surface area (Å²) < 4.78 is 39.2. The second-order valence-corrected chi connectivity index (χ2v) is 5.69. The highest BCUT2D eigenvalue weighted by Gasteiger charge is 2.37. The molecule has 0 aliphatic carbocycles. The smallest absolute Gasteiger partial charge is 0.390 e. The molecule has 122 valence electrons. The van der Waals surface area contributed by atoms with Gasteiger partial charge in [0.25, 0.3) is 0 Å². The lowest BCUT2D eigenvalue weighted by Gasteiger charge is -2.39. The molecule has 0 saturated carbocycles. The number of β-amino-alcohol motifs (C(OH)–C–C–N with tert-alkyl or cyclic N) is 1. The number of nitrogens with zero attached hydrogens (tertiary/aromatic N) is 3. The first-order valence-electron chi connectivity index (χ1n) is 7.37. The van der Waals surface area contributed by atoms with Gasteiger partial charge in [0, 0.05) is 51.5 Å². The van der Waals surface area contributed by atoms with E-state index in [-0.39, 0.29) is 11.9 Å². The fourth-order valence-corrected chi connectivity index (χ4v) is 3.16. The van der Waals surface area contributed by atoms with Crippen molar-refractivity contribution in [2.45, 2.75) is 18.3 Å². The number of nitrogens with one attached hydrogen (secondary N) is 1. The average molecular weight is 316 g/mol. The first-order chi connectivity index (χ1) is 10.5. The summed E-state index contributed by atoms with van der Waals surface area (Å²) in [6, 6.07) is 2.43. The van der Waals surface area contributed by atoms with Crippen LogP contribution in [0.5, 0.6) is 0 Å². The molecule has 3 rings (SSSR count). The third-order valence-corrected chi connectivity index (χ3v) is 4.33. The minimum absolute atomic E-state index is 0.000236. The Morgan fingerprint density at radius 1 is 1.18 bits per heavy atom. The quantitative estimate of drug-likeness (QED) is 0.835. The Balaban J connectivity index is 1.69. The van der Waals surface area contributed by atoms with E-state index in [1.165, 1.54) is 12.3 Å². The van der Waals surface area contributed by atoms with Gasteiger partial charge in [-0.2, -0.15) is 13.2 Å². The summed E-state index contributed by atoms with van der Waals surface area (Å²) in [5.74, 6) is -0.000236. The number of piperazine rings is 1. The van der Waals surface area contributed by atoms with Crippen LogP contribution < -0.4 is 10.2 Å². The molecule has 0 radical (unpaired) electrons. The minimum atomic E-state index is -4.40. The fraction of sp³-hybridized carbons (Fsp3) is 0.643. The molecule has 0 aromatic carbocycles. The summed E-state index contributed by atoms with van der Waals surface area (Å²) in [5.41, 5.74) is -0.689. The molecule has 0 spiro atoms. The highest BCUT2D eigenvalue weighted by atomic mass is 19.4. The van der Waals surface area contributed by atoms with Crippen molar-refractivity contribution in [1.29, 1.82) is 0 Å². The zero-order valence-electron chi connectivity index (χ0n) is 12.1. The van der Waals surface area contributed by atoms with Gasteiger partial charge in [-0.1, -0.05) is 0 Å². The molecule has 3 heterocycles. The number of aliphatic hydroxyl groups is 1. The molecule has 0 bridgehead atoms. The molecule has 1 aromatic rings. The van der Waals surface area contributed by atoms with Gasteiger partial charge in [0.2, 0.25) is 0 Å². The van der Waals surface area contributed by atoms with E-state index in [4.69, 9.17) is 0 Å². The summed E-state index contributed by atoms with van der Waals surface area (Å²) in [7, 11) is 0. The van der Waals surface area contributed by atoms with Crippen LogP contribution in [0.4, 0.5) is 19.0 Å². The lowest BCUT2D eigenvalue weighted by molar-refractivity contribution is -0.137. The number of hydrogen-bond acceptors (Lipinski definition) is 5. The van der Waals surface area contributed by atoms with E-state index < -0.39 is 17.8 Å². The van der Waals surface area contributed by atoms with E-state index in [1.54, 1.807) is 4.90 Å². The second kappa shape index (κ2) is 6.02. The van der Waals surface area contributed by atoms with Crippen molar-refractivity contribution in [3.05, 3.63) is 23.9 Å². The molecule has 2 aliphatic heterocycles. The Morgan fingerprint density at radius 3 is 2.50 bits per heavy atom. The van der Waals surface area contributed by atoms with Crippen molar-refractivity contribution in [3.63, 3.8) is 0 Å². The molecule has 0 amide bonds. The van der Waals surface area contributed by atoms with Crippen molar-refractivity contribution in [2.24, 2.45) is 0 Å². The molecule has 1 unspecified atom stereocenters. The van der Waals surface area contributed by atoms with Crippen LogP contribution in [-0.4, -0.2) is 66.4 Å². The van der Waals surface area contributed by atoms with Crippen molar-refractivity contribution < 1.29 is 18.3 Å². The van der Waals surface area contributed by atoms with Crippen LogP contribution in [-0.2, 0) is 6.18 Å². The normalized spacial score (nSPS) is 27.4. The highest BCUT2D eigenvalue weighted by Crippen LogP contribution is 2.35. The Bertz CT molecular complexity index is 517. The van der Waals surface area contributed by atoms with Crippen LogP contribution in [0.15, 0.2) is 18.3 Å². The Morgan fingerprint density at radius 2 is 1.91 bits per heavy atom. The van der Waals surface area contributed by atoms with E-state index in [9.17, 15) is 18.3 Å². The number of aliphatic hydroxyl groups excluding tert-OH is 1. The molecule has 2 aliphatic rings. The largest absolute Gasteiger partial charge is 0.419 e. The number of pyridine rings is 1. The van der Waals surface area contributed by atoms with Gasteiger partial charge in [-0.05, 0) is 12.1 Å². The Labute approximate surface area is 126 Å². The predicted molar refractivity (Wildman–Crippen MR) is 75.7 cm³/mol. The standard InChI is InChI=1S/C14H19F3N4O/c15-14(16,17)10-2-1-3-19-13(10)21-6-4-20(5-7-21)11-8-18-9-12(11)22/h1-3,11-12,18,22H,4-9H2/t11?,12-/m1/s1. The number of anilines is 1.